The number of benzene rings is 1. The highest BCUT2D eigenvalue weighted by Crippen LogP contribution is 2.34. The van der Waals surface area contributed by atoms with E-state index < -0.39 is 0 Å². The van der Waals surface area contributed by atoms with Gasteiger partial charge in [0.1, 0.15) is 0 Å². The highest BCUT2D eigenvalue weighted by Gasteiger charge is 2.13. The van der Waals surface area contributed by atoms with Crippen LogP contribution in [0.1, 0.15) is 0 Å². The molecule has 0 saturated heterocycles. The summed E-state index contributed by atoms with van der Waals surface area (Å²) < 4.78 is 2.73. The zero-order valence-corrected chi connectivity index (χ0v) is 11.2. The van der Waals surface area contributed by atoms with Crippen LogP contribution in [0.5, 0.6) is 0 Å². The van der Waals surface area contributed by atoms with Gasteiger partial charge in [-0.3, -0.25) is 10.1 Å². The summed E-state index contributed by atoms with van der Waals surface area (Å²) in [6.07, 6.45) is 0. The lowest BCUT2D eigenvalue weighted by Crippen LogP contribution is -1.88. The van der Waals surface area contributed by atoms with Crippen molar-refractivity contribution in [3.8, 4) is 0 Å². The second-order valence-corrected chi connectivity index (χ2v) is 6.48. The molecule has 2 rings (SSSR count). The third kappa shape index (κ3) is 1.78. The normalized spacial score (nSPS) is 10.7. The number of fused-ring (bicyclic) bond motifs is 1. The number of hydrogen-bond donors (Lipinski definition) is 0. The van der Waals surface area contributed by atoms with E-state index in [0.717, 1.165) is 13.0 Å². The van der Waals surface area contributed by atoms with Crippen molar-refractivity contribution in [3.63, 3.8) is 0 Å². The highest BCUT2D eigenvalue weighted by atomic mass is 127. The van der Waals surface area contributed by atoms with Gasteiger partial charge in [-0.2, -0.15) is 0 Å². The molecule has 1 aromatic carbocycles. The molecule has 0 aliphatic rings. The number of hydrogen-bond acceptors (Lipinski definition) is 3. The van der Waals surface area contributed by atoms with Crippen LogP contribution < -0.4 is 0 Å². The SMILES string of the molecule is O=[N+]([O-])c1cc2cc(I)sc2cc1Br. The summed E-state index contributed by atoms with van der Waals surface area (Å²) >= 11 is 7.02. The van der Waals surface area contributed by atoms with Crippen LogP contribution in [-0.2, 0) is 0 Å². The minimum Gasteiger partial charge on any atom is -0.258 e. The lowest BCUT2D eigenvalue weighted by Gasteiger charge is -1.94. The van der Waals surface area contributed by atoms with Gasteiger partial charge in [0.15, 0.2) is 0 Å². The first-order valence-corrected chi connectivity index (χ1v) is 6.30. The Bertz CT molecular complexity index is 525. The molecule has 0 saturated carbocycles. The molecule has 0 atom stereocenters. The fourth-order valence-electron chi connectivity index (χ4n) is 1.16. The number of thiophene rings is 1. The quantitative estimate of drug-likeness (QED) is 0.421. The van der Waals surface area contributed by atoms with Gasteiger partial charge in [0.2, 0.25) is 0 Å². The first-order valence-electron chi connectivity index (χ1n) is 3.61. The fourth-order valence-corrected chi connectivity index (χ4v) is 3.65. The van der Waals surface area contributed by atoms with Crippen molar-refractivity contribution in [1.82, 2.24) is 0 Å². The van der Waals surface area contributed by atoms with Crippen molar-refractivity contribution in [2.45, 2.75) is 0 Å². The van der Waals surface area contributed by atoms with E-state index in [-0.39, 0.29) is 10.6 Å². The Labute approximate surface area is 106 Å². The van der Waals surface area contributed by atoms with Crippen LogP contribution in [0.3, 0.4) is 0 Å². The van der Waals surface area contributed by atoms with Crippen molar-refractivity contribution in [2.24, 2.45) is 0 Å². The summed E-state index contributed by atoms with van der Waals surface area (Å²) in [5.41, 5.74) is 0.117. The molecular formula is C8H3BrINO2S. The van der Waals surface area contributed by atoms with Gasteiger partial charge in [-0.15, -0.1) is 11.3 Å². The number of nitro groups is 1. The molecule has 0 spiro atoms. The average Bonchev–Trinajstić information content (AvgIpc) is 2.42. The molecule has 0 aliphatic heterocycles. The molecule has 0 bridgehead atoms. The monoisotopic (exact) mass is 383 g/mol. The summed E-state index contributed by atoms with van der Waals surface area (Å²) in [7, 11) is 0. The van der Waals surface area contributed by atoms with Gasteiger partial charge < -0.3 is 0 Å². The van der Waals surface area contributed by atoms with E-state index in [1.165, 1.54) is 0 Å². The zero-order chi connectivity index (χ0) is 10.3. The highest BCUT2D eigenvalue weighted by molar-refractivity contribution is 14.1. The molecule has 1 heterocycles. The van der Waals surface area contributed by atoms with E-state index in [2.05, 4.69) is 38.5 Å². The predicted molar refractivity (Wildman–Crippen MR) is 68.9 cm³/mol. The summed E-state index contributed by atoms with van der Waals surface area (Å²) in [5.74, 6) is 0. The van der Waals surface area contributed by atoms with Gasteiger partial charge in [0.05, 0.1) is 12.3 Å². The molecular weight excluding hydrogens is 381 g/mol. The number of halogens is 2. The third-order valence-electron chi connectivity index (χ3n) is 1.75. The number of nitrogens with zero attached hydrogens (tertiary/aromatic N) is 1. The van der Waals surface area contributed by atoms with Crippen molar-refractivity contribution < 1.29 is 4.92 Å². The largest absolute Gasteiger partial charge is 0.284 e. The van der Waals surface area contributed by atoms with E-state index in [1.807, 2.05) is 6.07 Å². The Morgan fingerprint density at radius 3 is 2.79 bits per heavy atom. The van der Waals surface area contributed by atoms with E-state index in [9.17, 15) is 10.1 Å². The molecule has 14 heavy (non-hydrogen) atoms. The van der Waals surface area contributed by atoms with Crippen LogP contribution in [0.25, 0.3) is 10.1 Å². The molecule has 1 aromatic heterocycles. The van der Waals surface area contributed by atoms with Gasteiger partial charge in [-0.1, -0.05) is 0 Å². The molecule has 0 amide bonds. The van der Waals surface area contributed by atoms with Crippen LogP contribution in [0.15, 0.2) is 22.7 Å². The topological polar surface area (TPSA) is 43.1 Å². The van der Waals surface area contributed by atoms with Crippen molar-refractivity contribution in [3.05, 3.63) is 35.7 Å². The molecule has 0 N–H and O–H groups in total. The maximum atomic E-state index is 10.6. The maximum Gasteiger partial charge on any atom is 0.284 e. The smallest absolute Gasteiger partial charge is 0.258 e. The van der Waals surface area contributed by atoms with E-state index in [4.69, 9.17) is 0 Å². The van der Waals surface area contributed by atoms with Gasteiger partial charge in [-0.25, -0.2) is 0 Å². The molecule has 0 radical (unpaired) electrons. The fraction of sp³-hybridized carbons (Fsp3) is 0. The lowest BCUT2D eigenvalue weighted by atomic mass is 10.2. The van der Waals surface area contributed by atoms with Crippen LogP contribution in [-0.4, -0.2) is 4.92 Å². The molecule has 6 heteroatoms. The minimum absolute atomic E-state index is 0.117. The maximum absolute atomic E-state index is 10.6. The van der Waals surface area contributed by atoms with Gasteiger partial charge in [0.25, 0.3) is 5.69 Å². The van der Waals surface area contributed by atoms with Gasteiger partial charge >= 0.3 is 0 Å². The van der Waals surface area contributed by atoms with Crippen LogP contribution in [0.2, 0.25) is 0 Å². The van der Waals surface area contributed by atoms with Gasteiger partial charge in [-0.05, 0) is 50.7 Å². The van der Waals surface area contributed by atoms with Crippen molar-refractivity contribution in [1.29, 1.82) is 0 Å². The Morgan fingerprint density at radius 1 is 1.43 bits per heavy atom. The van der Waals surface area contributed by atoms with E-state index in [0.29, 0.717) is 4.47 Å². The Morgan fingerprint density at radius 2 is 2.14 bits per heavy atom. The lowest BCUT2D eigenvalue weighted by molar-refractivity contribution is -0.385. The van der Waals surface area contributed by atoms with Crippen molar-refractivity contribution in [2.75, 3.05) is 0 Å². The zero-order valence-electron chi connectivity index (χ0n) is 6.66. The molecule has 2 aromatic rings. The molecule has 3 nitrogen and oxygen atoms in total. The third-order valence-corrected chi connectivity index (χ3v) is 4.25. The van der Waals surface area contributed by atoms with Crippen LogP contribution in [0.4, 0.5) is 5.69 Å². The Balaban J connectivity index is 2.76. The predicted octanol–water partition coefficient (Wildman–Crippen LogP) is 4.18. The summed E-state index contributed by atoms with van der Waals surface area (Å²) in [6, 6.07) is 5.33. The first kappa shape index (κ1) is 10.3. The summed E-state index contributed by atoms with van der Waals surface area (Å²) in [4.78, 5) is 10.3. The second kappa shape index (κ2) is 3.74. The van der Waals surface area contributed by atoms with E-state index in [1.54, 1.807) is 23.5 Å². The van der Waals surface area contributed by atoms with Crippen LogP contribution >= 0.6 is 49.9 Å². The van der Waals surface area contributed by atoms with E-state index >= 15 is 0 Å². The summed E-state index contributed by atoms with van der Waals surface area (Å²) in [6.45, 7) is 0. The standard InChI is InChI=1S/C8H3BrINO2S/c9-5-3-7-4(2-8(10)14-7)1-6(5)11(12)13/h1-3H. The van der Waals surface area contributed by atoms with Crippen LogP contribution in [0, 0.1) is 13.0 Å². The molecule has 72 valence electrons. The van der Waals surface area contributed by atoms with Crippen molar-refractivity contribution >= 4 is 65.6 Å². The average molecular weight is 384 g/mol. The second-order valence-electron chi connectivity index (χ2n) is 2.65. The Hall–Kier alpha value is -0.210. The first-order chi connectivity index (χ1) is 6.58. The molecule has 0 unspecified atom stereocenters. The summed E-state index contributed by atoms with van der Waals surface area (Å²) in [5, 5.41) is 11.6. The number of rotatable bonds is 1. The Kier molecular flexibility index (Phi) is 2.76. The minimum atomic E-state index is -0.381. The van der Waals surface area contributed by atoms with Gasteiger partial charge in [0, 0.05) is 16.2 Å². The number of nitro benzene ring substituents is 1. The molecule has 0 aliphatic carbocycles. The molecule has 0 fully saturated rings.